The summed E-state index contributed by atoms with van der Waals surface area (Å²) in [6.07, 6.45) is 1.03. The van der Waals surface area contributed by atoms with Crippen molar-refractivity contribution in [2.24, 2.45) is 4.99 Å². The van der Waals surface area contributed by atoms with Crippen molar-refractivity contribution in [2.75, 3.05) is 12.0 Å². The Kier molecular flexibility index (Phi) is 6.18. The SMILES string of the molecule is COC(=O)C=C1SC(N(C(=O)c2ccc(Cl)cc2Cl)c2ccccc2)=NC1=O. The van der Waals surface area contributed by atoms with Gasteiger partial charge < -0.3 is 4.74 Å². The molecule has 0 radical (unpaired) electrons. The zero-order chi connectivity index (χ0) is 20.3. The maximum atomic E-state index is 13.2. The number of carbonyl (C=O) groups excluding carboxylic acids is 3. The van der Waals surface area contributed by atoms with Gasteiger partial charge in [-0.1, -0.05) is 41.4 Å². The maximum Gasteiger partial charge on any atom is 0.331 e. The molecule has 2 amide bonds. The molecule has 0 fully saturated rings. The molecular formula is C19H12Cl2N2O4S. The number of anilines is 1. The number of hydrogen-bond donors (Lipinski definition) is 0. The van der Waals surface area contributed by atoms with E-state index in [0.717, 1.165) is 17.8 Å². The number of nitrogens with zero attached hydrogens (tertiary/aromatic N) is 2. The zero-order valence-corrected chi connectivity index (χ0v) is 16.7. The predicted octanol–water partition coefficient (Wildman–Crippen LogP) is 4.33. The van der Waals surface area contributed by atoms with Crippen molar-refractivity contribution < 1.29 is 19.1 Å². The molecule has 0 bridgehead atoms. The molecule has 1 aliphatic heterocycles. The molecule has 9 heteroatoms. The average molecular weight is 435 g/mol. The number of aliphatic imine (C=N–C) groups is 1. The number of benzene rings is 2. The van der Waals surface area contributed by atoms with Crippen LogP contribution in [-0.4, -0.2) is 30.1 Å². The van der Waals surface area contributed by atoms with Crippen molar-refractivity contribution in [3.8, 4) is 0 Å². The molecule has 0 saturated carbocycles. The van der Waals surface area contributed by atoms with E-state index in [1.807, 2.05) is 0 Å². The smallest absolute Gasteiger partial charge is 0.331 e. The van der Waals surface area contributed by atoms with Crippen LogP contribution >= 0.6 is 35.0 Å². The molecule has 0 spiro atoms. The van der Waals surface area contributed by atoms with E-state index in [0.29, 0.717) is 10.7 Å². The predicted molar refractivity (Wildman–Crippen MR) is 110 cm³/mol. The number of esters is 1. The lowest BCUT2D eigenvalue weighted by Gasteiger charge is -2.22. The van der Waals surface area contributed by atoms with Crippen molar-refractivity contribution >= 4 is 63.6 Å². The first-order valence-electron chi connectivity index (χ1n) is 7.86. The van der Waals surface area contributed by atoms with Gasteiger partial charge in [0.05, 0.1) is 28.3 Å². The molecule has 1 aliphatic rings. The van der Waals surface area contributed by atoms with E-state index >= 15 is 0 Å². The summed E-state index contributed by atoms with van der Waals surface area (Å²) in [7, 11) is 1.20. The van der Waals surface area contributed by atoms with Gasteiger partial charge in [-0.15, -0.1) is 0 Å². The molecule has 3 rings (SSSR count). The number of thioether (sulfide) groups is 1. The highest BCUT2D eigenvalue weighted by atomic mass is 35.5. The summed E-state index contributed by atoms with van der Waals surface area (Å²) >= 11 is 13.0. The summed E-state index contributed by atoms with van der Waals surface area (Å²) in [6, 6.07) is 13.2. The van der Waals surface area contributed by atoms with Crippen LogP contribution in [0, 0.1) is 0 Å². The van der Waals surface area contributed by atoms with Crippen LogP contribution in [0.5, 0.6) is 0 Å². The van der Waals surface area contributed by atoms with Crippen LogP contribution in [0.1, 0.15) is 10.4 Å². The zero-order valence-electron chi connectivity index (χ0n) is 14.4. The molecule has 0 aromatic heterocycles. The van der Waals surface area contributed by atoms with Gasteiger partial charge in [0.25, 0.3) is 11.8 Å². The summed E-state index contributed by atoms with van der Waals surface area (Å²) < 4.78 is 4.54. The van der Waals surface area contributed by atoms with Gasteiger partial charge in [0.2, 0.25) is 0 Å². The summed E-state index contributed by atoms with van der Waals surface area (Å²) in [4.78, 5) is 42.1. The van der Waals surface area contributed by atoms with Gasteiger partial charge in [0, 0.05) is 11.1 Å². The molecule has 1 heterocycles. The fraction of sp³-hybridized carbons (Fsp3) is 0.0526. The second-order valence-corrected chi connectivity index (χ2v) is 7.29. The van der Waals surface area contributed by atoms with Crippen LogP contribution in [-0.2, 0) is 14.3 Å². The van der Waals surface area contributed by atoms with Crippen LogP contribution in [0.2, 0.25) is 10.0 Å². The van der Waals surface area contributed by atoms with E-state index < -0.39 is 17.8 Å². The quantitative estimate of drug-likeness (QED) is 0.530. The first-order valence-corrected chi connectivity index (χ1v) is 9.43. The Hall–Kier alpha value is -2.61. The standard InChI is InChI=1S/C19H12Cl2N2O4S/c1-27-16(24)10-15-17(25)22-19(28-15)23(12-5-3-2-4-6-12)18(26)13-8-7-11(20)9-14(13)21/h2-10H,1H3. The number of amidine groups is 1. The second kappa shape index (κ2) is 8.60. The first-order chi connectivity index (χ1) is 13.4. The highest BCUT2D eigenvalue weighted by molar-refractivity contribution is 8.18. The maximum absolute atomic E-state index is 13.2. The number of methoxy groups -OCH3 is 1. The van der Waals surface area contributed by atoms with Crippen molar-refractivity contribution in [3.05, 3.63) is 75.1 Å². The van der Waals surface area contributed by atoms with Gasteiger partial charge in [-0.3, -0.25) is 14.5 Å². The minimum atomic E-state index is -0.689. The van der Waals surface area contributed by atoms with E-state index in [-0.39, 0.29) is 20.7 Å². The molecule has 142 valence electrons. The Bertz CT molecular complexity index is 1020. The van der Waals surface area contributed by atoms with Crippen LogP contribution in [0.4, 0.5) is 5.69 Å². The lowest BCUT2D eigenvalue weighted by atomic mass is 10.2. The van der Waals surface area contributed by atoms with Crippen molar-refractivity contribution in [2.45, 2.75) is 0 Å². The van der Waals surface area contributed by atoms with Gasteiger partial charge in [-0.25, -0.2) is 4.79 Å². The fourth-order valence-electron chi connectivity index (χ4n) is 2.33. The van der Waals surface area contributed by atoms with E-state index in [2.05, 4.69) is 9.73 Å². The molecule has 0 saturated heterocycles. The summed E-state index contributed by atoms with van der Waals surface area (Å²) in [5, 5.41) is 0.653. The normalized spacial score (nSPS) is 14.8. The van der Waals surface area contributed by atoms with Crippen molar-refractivity contribution in [1.82, 2.24) is 0 Å². The molecule has 2 aromatic rings. The van der Waals surface area contributed by atoms with Gasteiger partial charge in [-0.2, -0.15) is 4.99 Å². The third-order valence-corrected chi connectivity index (χ3v) is 5.15. The number of ether oxygens (including phenoxy) is 1. The molecule has 0 unspecified atom stereocenters. The highest BCUT2D eigenvalue weighted by Crippen LogP contribution is 2.33. The molecule has 6 nitrogen and oxygen atoms in total. The summed E-state index contributed by atoms with van der Waals surface area (Å²) in [5.74, 6) is -1.82. The number of rotatable bonds is 3. The Morgan fingerprint density at radius 1 is 1.14 bits per heavy atom. The Labute approximate surface area is 174 Å². The minimum Gasteiger partial charge on any atom is -0.466 e. The number of carbonyl (C=O) groups is 3. The summed E-state index contributed by atoms with van der Waals surface area (Å²) in [6.45, 7) is 0. The molecular weight excluding hydrogens is 423 g/mol. The number of amides is 2. The average Bonchev–Trinajstić information content (AvgIpc) is 3.02. The molecule has 2 aromatic carbocycles. The number of halogens is 2. The largest absolute Gasteiger partial charge is 0.466 e. The number of hydrogen-bond acceptors (Lipinski definition) is 5. The van der Waals surface area contributed by atoms with Gasteiger partial charge in [0.15, 0.2) is 5.17 Å². The lowest BCUT2D eigenvalue weighted by molar-refractivity contribution is -0.135. The van der Waals surface area contributed by atoms with Crippen molar-refractivity contribution in [1.29, 1.82) is 0 Å². The lowest BCUT2D eigenvalue weighted by Crippen LogP contribution is -2.34. The third-order valence-electron chi connectivity index (χ3n) is 3.63. The Morgan fingerprint density at radius 2 is 1.86 bits per heavy atom. The molecule has 0 aliphatic carbocycles. The molecule has 28 heavy (non-hydrogen) atoms. The molecule has 0 N–H and O–H groups in total. The van der Waals surface area contributed by atoms with Gasteiger partial charge in [-0.05, 0) is 42.1 Å². The van der Waals surface area contributed by atoms with E-state index in [9.17, 15) is 14.4 Å². The van der Waals surface area contributed by atoms with Crippen LogP contribution in [0.3, 0.4) is 0 Å². The van der Waals surface area contributed by atoms with Crippen molar-refractivity contribution in [3.63, 3.8) is 0 Å². The van der Waals surface area contributed by atoms with E-state index in [1.165, 1.54) is 24.1 Å². The van der Waals surface area contributed by atoms with E-state index in [4.69, 9.17) is 23.2 Å². The van der Waals surface area contributed by atoms with Gasteiger partial charge in [0.1, 0.15) is 0 Å². The van der Waals surface area contributed by atoms with Crippen LogP contribution < -0.4 is 4.90 Å². The fourth-order valence-corrected chi connectivity index (χ4v) is 3.72. The topological polar surface area (TPSA) is 76.0 Å². The molecule has 0 atom stereocenters. The number of para-hydroxylation sites is 1. The minimum absolute atomic E-state index is 0.0535. The highest BCUT2D eigenvalue weighted by Gasteiger charge is 2.32. The Balaban J connectivity index is 2.03. The first kappa shape index (κ1) is 20.1. The van der Waals surface area contributed by atoms with Crippen LogP contribution in [0.15, 0.2) is 64.5 Å². The van der Waals surface area contributed by atoms with E-state index in [1.54, 1.807) is 36.4 Å². The second-order valence-electron chi connectivity index (χ2n) is 5.43. The third kappa shape index (κ3) is 4.27. The Morgan fingerprint density at radius 3 is 2.50 bits per heavy atom. The van der Waals surface area contributed by atoms with Gasteiger partial charge >= 0.3 is 5.97 Å². The van der Waals surface area contributed by atoms with Crippen LogP contribution in [0.25, 0.3) is 0 Å². The summed E-state index contributed by atoms with van der Waals surface area (Å²) in [5.41, 5.74) is 0.674. The monoisotopic (exact) mass is 434 g/mol.